The summed E-state index contributed by atoms with van der Waals surface area (Å²) in [6, 6.07) is 7.78. The number of hydrogen-bond acceptors (Lipinski definition) is 3. The van der Waals surface area contributed by atoms with Crippen LogP contribution in [0.15, 0.2) is 24.3 Å². The van der Waals surface area contributed by atoms with Crippen molar-refractivity contribution in [1.29, 1.82) is 0 Å². The van der Waals surface area contributed by atoms with Crippen LogP contribution in [0.4, 0.5) is 0 Å². The fraction of sp³-hybridized carbons (Fsp3) is 0.429. The van der Waals surface area contributed by atoms with Gasteiger partial charge in [0.25, 0.3) is 0 Å². The van der Waals surface area contributed by atoms with E-state index in [0.29, 0.717) is 26.1 Å². The highest BCUT2D eigenvalue weighted by molar-refractivity contribution is 5.87. The van der Waals surface area contributed by atoms with Gasteiger partial charge in [-0.25, -0.2) is 0 Å². The van der Waals surface area contributed by atoms with Gasteiger partial charge in [-0.2, -0.15) is 0 Å². The largest absolute Gasteiger partial charge is 0.492 e. The molecule has 0 spiro atoms. The average Bonchev–Trinajstić information content (AvgIpc) is 2.46. The van der Waals surface area contributed by atoms with Crippen LogP contribution in [0.2, 0.25) is 0 Å². The van der Waals surface area contributed by atoms with Gasteiger partial charge in [-0.15, -0.1) is 0 Å². The molecule has 1 aromatic carbocycles. The number of nitrogens with one attached hydrogen (secondary N) is 1. The number of para-hydroxylation sites is 1. The lowest BCUT2D eigenvalue weighted by Crippen LogP contribution is -2.52. The first kappa shape index (κ1) is 12.0. The Bertz CT molecular complexity index is 515. The number of rotatable bonds is 1. The summed E-state index contributed by atoms with van der Waals surface area (Å²) in [5.74, 6) is 0.616. The Labute approximate surface area is 111 Å². The Kier molecular flexibility index (Phi) is 3.11. The van der Waals surface area contributed by atoms with E-state index >= 15 is 0 Å². The summed E-state index contributed by atoms with van der Waals surface area (Å²) in [5.41, 5.74) is 1.06. The van der Waals surface area contributed by atoms with Gasteiger partial charge in [0.2, 0.25) is 11.8 Å². The van der Waals surface area contributed by atoms with Gasteiger partial charge in [0, 0.05) is 13.1 Å². The van der Waals surface area contributed by atoms with Crippen molar-refractivity contribution in [3.8, 4) is 5.75 Å². The standard InChI is InChI=1S/C14H16N2O3/c17-13-8-16(6-5-15-13)14(18)11-7-10-3-1-2-4-12(10)19-9-11/h1-4,11H,5-9H2,(H,15,17). The van der Waals surface area contributed by atoms with Crippen molar-refractivity contribution in [3.05, 3.63) is 29.8 Å². The highest BCUT2D eigenvalue weighted by Gasteiger charge is 2.31. The van der Waals surface area contributed by atoms with Crippen molar-refractivity contribution in [3.63, 3.8) is 0 Å². The lowest BCUT2D eigenvalue weighted by atomic mass is 9.95. The molecular weight excluding hydrogens is 244 g/mol. The van der Waals surface area contributed by atoms with Gasteiger partial charge in [0.05, 0.1) is 12.5 Å². The van der Waals surface area contributed by atoms with Crippen LogP contribution in [0, 0.1) is 5.92 Å². The Morgan fingerprint density at radius 2 is 2.21 bits per heavy atom. The zero-order chi connectivity index (χ0) is 13.2. The highest BCUT2D eigenvalue weighted by atomic mass is 16.5. The lowest BCUT2D eigenvalue weighted by molar-refractivity contribution is -0.142. The Hall–Kier alpha value is -2.04. The van der Waals surface area contributed by atoms with Gasteiger partial charge in [0.1, 0.15) is 12.4 Å². The van der Waals surface area contributed by atoms with Crippen LogP contribution in [0.3, 0.4) is 0 Å². The number of carbonyl (C=O) groups is 2. The van der Waals surface area contributed by atoms with Crippen molar-refractivity contribution < 1.29 is 14.3 Å². The van der Waals surface area contributed by atoms with Gasteiger partial charge < -0.3 is 15.0 Å². The van der Waals surface area contributed by atoms with E-state index in [0.717, 1.165) is 11.3 Å². The third-order valence-corrected chi connectivity index (χ3v) is 3.58. The zero-order valence-corrected chi connectivity index (χ0v) is 10.6. The average molecular weight is 260 g/mol. The second kappa shape index (κ2) is 4.91. The maximum atomic E-state index is 12.4. The number of nitrogens with zero attached hydrogens (tertiary/aromatic N) is 1. The monoisotopic (exact) mass is 260 g/mol. The van der Waals surface area contributed by atoms with Crippen LogP contribution in [-0.4, -0.2) is 43.0 Å². The number of piperazine rings is 1. The summed E-state index contributed by atoms with van der Waals surface area (Å²) in [7, 11) is 0. The minimum atomic E-state index is -0.180. The molecule has 1 unspecified atom stereocenters. The first-order chi connectivity index (χ1) is 9.24. The highest BCUT2D eigenvalue weighted by Crippen LogP contribution is 2.27. The molecule has 1 aromatic rings. The Balaban J connectivity index is 1.70. The van der Waals surface area contributed by atoms with E-state index in [9.17, 15) is 9.59 Å². The number of ether oxygens (including phenoxy) is 1. The van der Waals surface area contributed by atoms with E-state index in [-0.39, 0.29) is 24.3 Å². The first-order valence-corrected chi connectivity index (χ1v) is 6.50. The molecule has 2 aliphatic rings. The predicted octanol–water partition coefficient (Wildman–Crippen LogP) is 0.196. The van der Waals surface area contributed by atoms with Gasteiger partial charge in [-0.3, -0.25) is 9.59 Å². The molecule has 0 bridgehead atoms. The van der Waals surface area contributed by atoms with E-state index in [1.54, 1.807) is 4.90 Å². The fourth-order valence-electron chi connectivity index (χ4n) is 2.57. The molecule has 2 aliphatic heterocycles. The molecule has 1 saturated heterocycles. The van der Waals surface area contributed by atoms with Crippen LogP contribution in [0.25, 0.3) is 0 Å². The van der Waals surface area contributed by atoms with E-state index in [1.165, 1.54) is 0 Å². The molecule has 1 fully saturated rings. The summed E-state index contributed by atoms with van der Waals surface area (Å²) >= 11 is 0. The number of fused-ring (bicyclic) bond motifs is 1. The van der Waals surface area contributed by atoms with Gasteiger partial charge in [-0.1, -0.05) is 18.2 Å². The summed E-state index contributed by atoms with van der Waals surface area (Å²) in [6.45, 7) is 1.68. The number of hydrogen-bond donors (Lipinski definition) is 1. The maximum Gasteiger partial charge on any atom is 0.239 e. The number of carbonyl (C=O) groups excluding carboxylic acids is 2. The molecule has 5 heteroatoms. The maximum absolute atomic E-state index is 12.4. The third kappa shape index (κ3) is 2.41. The van der Waals surface area contributed by atoms with E-state index in [2.05, 4.69) is 5.32 Å². The third-order valence-electron chi connectivity index (χ3n) is 3.58. The van der Waals surface area contributed by atoms with Crippen LogP contribution in [0.5, 0.6) is 5.75 Å². The van der Waals surface area contributed by atoms with Crippen LogP contribution >= 0.6 is 0 Å². The van der Waals surface area contributed by atoms with Gasteiger partial charge >= 0.3 is 0 Å². The van der Waals surface area contributed by atoms with Gasteiger partial charge in [-0.05, 0) is 18.1 Å². The second-order valence-corrected chi connectivity index (χ2v) is 4.93. The summed E-state index contributed by atoms with van der Waals surface area (Å²) in [6.07, 6.45) is 0.688. The minimum absolute atomic E-state index is 0.0179. The summed E-state index contributed by atoms with van der Waals surface area (Å²) < 4.78 is 5.63. The van der Waals surface area contributed by atoms with Gasteiger partial charge in [0.15, 0.2) is 0 Å². The molecule has 19 heavy (non-hydrogen) atoms. The van der Waals surface area contributed by atoms with Crippen LogP contribution in [-0.2, 0) is 16.0 Å². The van der Waals surface area contributed by atoms with Crippen LogP contribution < -0.4 is 10.1 Å². The number of amides is 2. The van der Waals surface area contributed by atoms with E-state index < -0.39 is 0 Å². The SMILES string of the molecule is O=C1CN(C(=O)C2COc3ccccc3C2)CCN1. The van der Waals surface area contributed by atoms with E-state index in [4.69, 9.17) is 4.74 Å². The fourth-order valence-corrected chi connectivity index (χ4v) is 2.57. The molecule has 0 aliphatic carbocycles. The Morgan fingerprint density at radius 1 is 1.37 bits per heavy atom. The van der Waals surface area contributed by atoms with Crippen molar-refractivity contribution in [2.45, 2.75) is 6.42 Å². The van der Waals surface area contributed by atoms with Crippen LogP contribution in [0.1, 0.15) is 5.56 Å². The molecule has 1 N–H and O–H groups in total. The quantitative estimate of drug-likeness (QED) is 0.784. The molecule has 2 heterocycles. The van der Waals surface area contributed by atoms with Crippen molar-refractivity contribution in [2.24, 2.45) is 5.92 Å². The topological polar surface area (TPSA) is 58.6 Å². The molecule has 1 atom stereocenters. The molecule has 0 aromatic heterocycles. The molecular formula is C14H16N2O3. The molecule has 3 rings (SSSR count). The summed E-state index contributed by atoms with van der Waals surface area (Å²) in [4.78, 5) is 25.3. The second-order valence-electron chi connectivity index (χ2n) is 4.93. The Morgan fingerprint density at radius 3 is 3.05 bits per heavy atom. The molecule has 0 saturated carbocycles. The number of benzene rings is 1. The van der Waals surface area contributed by atoms with Crippen molar-refractivity contribution in [2.75, 3.05) is 26.2 Å². The smallest absolute Gasteiger partial charge is 0.239 e. The van der Waals surface area contributed by atoms with Crippen molar-refractivity contribution in [1.82, 2.24) is 10.2 Å². The molecule has 0 radical (unpaired) electrons. The van der Waals surface area contributed by atoms with E-state index in [1.807, 2.05) is 24.3 Å². The molecule has 2 amide bonds. The lowest BCUT2D eigenvalue weighted by Gasteiger charge is -2.32. The molecule has 5 nitrogen and oxygen atoms in total. The molecule has 100 valence electrons. The zero-order valence-electron chi connectivity index (χ0n) is 10.6. The predicted molar refractivity (Wildman–Crippen MR) is 68.7 cm³/mol. The summed E-state index contributed by atoms with van der Waals surface area (Å²) in [5, 5.41) is 2.72. The first-order valence-electron chi connectivity index (χ1n) is 6.50. The normalized spacial score (nSPS) is 22.2. The van der Waals surface area contributed by atoms with Crippen molar-refractivity contribution >= 4 is 11.8 Å². The minimum Gasteiger partial charge on any atom is -0.492 e.